The zero-order valence-electron chi connectivity index (χ0n) is 12.9. The highest BCUT2D eigenvalue weighted by Crippen LogP contribution is 2.29. The van der Waals surface area contributed by atoms with Crippen molar-refractivity contribution in [2.75, 3.05) is 11.9 Å². The van der Waals surface area contributed by atoms with Crippen LogP contribution in [0.15, 0.2) is 18.2 Å². The van der Waals surface area contributed by atoms with E-state index in [-0.39, 0.29) is 11.4 Å². The molecule has 1 aliphatic rings. The zero-order valence-corrected chi connectivity index (χ0v) is 12.9. The number of benzene rings is 1. The Kier molecular flexibility index (Phi) is 4.69. The third-order valence-corrected chi connectivity index (χ3v) is 4.11. The molecule has 0 saturated heterocycles. The number of carbonyl (C=O) groups excluding carboxylic acids is 1. The fourth-order valence-corrected chi connectivity index (χ4v) is 2.88. The number of hydrogen-bond donors (Lipinski definition) is 2. The highest BCUT2D eigenvalue weighted by atomic mass is 16.1. The van der Waals surface area contributed by atoms with Crippen LogP contribution in [-0.2, 0) is 0 Å². The van der Waals surface area contributed by atoms with Gasteiger partial charge in [-0.2, -0.15) is 0 Å². The summed E-state index contributed by atoms with van der Waals surface area (Å²) in [5.74, 6) is 0.0491. The summed E-state index contributed by atoms with van der Waals surface area (Å²) in [5, 5.41) is 6.59. The number of carbonyl (C=O) groups is 1. The van der Waals surface area contributed by atoms with E-state index in [0.29, 0.717) is 0 Å². The van der Waals surface area contributed by atoms with Crippen LogP contribution >= 0.6 is 0 Å². The molecule has 1 amide bonds. The first kappa shape index (κ1) is 14.9. The van der Waals surface area contributed by atoms with E-state index in [9.17, 15) is 4.79 Å². The third kappa shape index (κ3) is 3.53. The molecular formula is C17H26N2O. The summed E-state index contributed by atoms with van der Waals surface area (Å²) in [4.78, 5) is 12.6. The molecule has 0 heterocycles. The van der Waals surface area contributed by atoms with Crippen molar-refractivity contribution in [2.45, 2.75) is 58.4 Å². The lowest BCUT2D eigenvalue weighted by Crippen LogP contribution is -2.43. The van der Waals surface area contributed by atoms with Gasteiger partial charge in [0.25, 0.3) is 5.91 Å². The molecule has 1 saturated carbocycles. The first-order valence-electron chi connectivity index (χ1n) is 7.71. The van der Waals surface area contributed by atoms with E-state index in [0.717, 1.165) is 37.1 Å². The second-order valence-electron chi connectivity index (χ2n) is 6.20. The van der Waals surface area contributed by atoms with Crippen molar-refractivity contribution in [3.8, 4) is 0 Å². The largest absolute Gasteiger partial charge is 0.384 e. The van der Waals surface area contributed by atoms with Crippen molar-refractivity contribution < 1.29 is 4.79 Å². The molecule has 3 nitrogen and oxygen atoms in total. The van der Waals surface area contributed by atoms with Crippen LogP contribution in [0, 0.1) is 6.92 Å². The van der Waals surface area contributed by atoms with E-state index in [2.05, 4.69) is 37.5 Å². The minimum absolute atomic E-state index is 0.0238. The minimum atomic E-state index is -0.0238. The standard InChI is InChI=1S/C17H26N2O/c1-4-11-18-15-12-13(2)7-8-14(15)16(20)19-17(3)9-5-6-10-17/h7-8,12,18H,4-6,9-11H2,1-3H3,(H,19,20). The molecule has 2 rings (SSSR count). The van der Waals surface area contributed by atoms with Crippen LogP contribution in [0.2, 0.25) is 0 Å². The zero-order chi connectivity index (χ0) is 14.6. The summed E-state index contributed by atoms with van der Waals surface area (Å²) in [7, 11) is 0. The first-order valence-corrected chi connectivity index (χ1v) is 7.71. The van der Waals surface area contributed by atoms with Crippen molar-refractivity contribution >= 4 is 11.6 Å². The summed E-state index contributed by atoms with van der Waals surface area (Å²) in [6, 6.07) is 5.99. The lowest BCUT2D eigenvalue weighted by atomic mass is 9.99. The summed E-state index contributed by atoms with van der Waals surface area (Å²) in [6.07, 6.45) is 5.65. The monoisotopic (exact) mass is 274 g/mol. The molecular weight excluding hydrogens is 248 g/mol. The Morgan fingerprint density at radius 2 is 2.00 bits per heavy atom. The van der Waals surface area contributed by atoms with Crippen LogP contribution in [0.5, 0.6) is 0 Å². The number of aryl methyl sites for hydroxylation is 1. The van der Waals surface area contributed by atoms with E-state index < -0.39 is 0 Å². The Hall–Kier alpha value is -1.51. The SMILES string of the molecule is CCCNc1cc(C)ccc1C(=O)NC1(C)CCCC1. The number of nitrogens with one attached hydrogen (secondary N) is 2. The van der Waals surface area contributed by atoms with E-state index in [1.54, 1.807) is 0 Å². The van der Waals surface area contributed by atoms with Gasteiger partial charge < -0.3 is 10.6 Å². The van der Waals surface area contributed by atoms with Gasteiger partial charge in [0.1, 0.15) is 0 Å². The van der Waals surface area contributed by atoms with Gasteiger partial charge in [-0.3, -0.25) is 4.79 Å². The second kappa shape index (κ2) is 6.29. The molecule has 0 aliphatic heterocycles. The Bertz CT molecular complexity index is 476. The molecule has 1 fully saturated rings. The Morgan fingerprint density at radius 3 is 2.65 bits per heavy atom. The van der Waals surface area contributed by atoms with Gasteiger partial charge in [-0.25, -0.2) is 0 Å². The molecule has 0 atom stereocenters. The molecule has 0 unspecified atom stereocenters. The average Bonchev–Trinajstić information content (AvgIpc) is 2.82. The highest BCUT2D eigenvalue weighted by molar-refractivity contribution is 6.00. The predicted molar refractivity (Wildman–Crippen MR) is 84.3 cm³/mol. The molecule has 1 aromatic carbocycles. The molecule has 1 aliphatic carbocycles. The van der Waals surface area contributed by atoms with Crippen LogP contribution in [-0.4, -0.2) is 18.0 Å². The van der Waals surface area contributed by atoms with Gasteiger partial charge in [0.05, 0.1) is 5.56 Å². The van der Waals surface area contributed by atoms with E-state index >= 15 is 0 Å². The summed E-state index contributed by atoms with van der Waals surface area (Å²) in [5.41, 5.74) is 2.86. The van der Waals surface area contributed by atoms with Gasteiger partial charge in [0, 0.05) is 17.8 Å². The molecule has 0 aromatic heterocycles. The van der Waals surface area contributed by atoms with Crippen molar-refractivity contribution in [2.24, 2.45) is 0 Å². The third-order valence-electron chi connectivity index (χ3n) is 4.11. The first-order chi connectivity index (χ1) is 9.54. The summed E-state index contributed by atoms with van der Waals surface area (Å²) in [6.45, 7) is 7.23. The van der Waals surface area contributed by atoms with Gasteiger partial charge in [0.15, 0.2) is 0 Å². The van der Waals surface area contributed by atoms with Crippen molar-refractivity contribution in [1.29, 1.82) is 0 Å². The fraction of sp³-hybridized carbons (Fsp3) is 0.588. The van der Waals surface area contributed by atoms with E-state index in [1.165, 1.54) is 18.4 Å². The van der Waals surface area contributed by atoms with Gasteiger partial charge >= 0.3 is 0 Å². The maximum atomic E-state index is 12.6. The molecule has 0 bridgehead atoms. The van der Waals surface area contributed by atoms with Crippen molar-refractivity contribution in [1.82, 2.24) is 5.32 Å². The summed E-state index contributed by atoms with van der Waals surface area (Å²) < 4.78 is 0. The minimum Gasteiger partial charge on any atom is -0.384 e. The molecule has 1 aromatic rings. The van der Waals surface area contributed by atoms with E-state index in [1.807, 2.05) is 12.1 Å². The Morgan fingerprint density at radius 1 is 1.30 bits per heavy atom. The Balaban J connectivity index is 2.15. The van der Waals surface area contributed by atoms with Crippen molar-refractivity contribution in [3.63, 3.8) is 0 Å². The lowest BCUT2D eigenvalue weighted by Gasteiger charge is -2.26. The molecule has 110 valence electrons. The number of anilines is 1. The molecule has 3 heteroatoms. The van der Waals surface area contributed by atoms with Gasteiger partial charge in [-0.05, 0) is 50.8 Å². The molecule has 0 radical (unpaired) electrons. The predicted octanol–water partition coefficient (Wildman–Crippen LogP) is 3.88. The van der Waals surface area contributed by atoms with Crippen molar-refractivity contribution in [3.05, 3.63) is 29.3 Å². The van der Waals surface area contributed by atoms with Gasteiger partial charge in [-0.15, -0.1) is 0 Å². The van der Waals surface area contributed by atoms with Crippen LogP contribution in [0.1, 0.15) is 61.9 Å². The van der Waals surface area contributed by atoms with Gasteiger partial charge in [-0.1, -0.05) is 25.8 Å². The number of amides is 1. The lowest BCUT2D eigenvalue weighted by molar-refractivity contribution is 0.0909. The quantitative estimate of drug-likeness (QED) is 0.855. The second-order valence-corrected chi connectivity index (χ2v) is 6.20. The maximum Gasteiger partial charge on any atom is 0.253 e. The van der Waals surface area contributed by atoms with E-state index in [4.69, 9.17) is 0 Å². The smallest absolute Gasteiger partial charge is 0.253 e. The topological polar surface area (TPSA) is 41.1 Å². The Labute approximate surface area is 122 Å². The highest BCUT2D eigenvalue weighted by Gasteiger charge is 2.30. The summed E-state index contributed by atoms with van der Waals surface area (Å²) >= 11 is 0. The van der Waals surface area contributed by atoms with Crippen LogP contribution in [0.4, 0.5) is 5.69 Å². The number of hydrogen-bond acceptors (Lipinski definition) is 2. The normalized spacial score (nSPS) is 16.9. The number of rotatable bonds is 5. The van der Waals surface area contributed by atoms with Crippen LogP contribution in [0.3, 0.4) is 0 Å². The van der Waals surface area contributed by atoms with Crippen LogP contribution in [0.25, 0.3) is 0 Å². The molecule has 0 spiro atoms. The van der Waals surface area contributed by atoms with Crippen LogP contribution < -0.4 is 10.6 Å². The molecule has 2 N–H and O–H groups in total. The fourth-order valence-electron chi connectivity index (χ4n) is 2.88. The van der Waals surface area contributed by atoms with Gasteiger partial charge in [0.2, 0.25) is 0 Å². The average molecular weight is 274 g/mol. The molecule has 20 heavy (non-hydrogen) atoms. The maximum absolute atomic E-state index is 12.6.